The lowest BCUT2D eigenvalue weighted by atomic mass is 9.90. The van der Waals surface area contributed by atoms with Crippen LogP contribution in [0.15, 0.2) is 12.2 Å². The Morgan fingerprint density at radius 2 is 2.05 bits per heavy atom. The monoisotopic (exact) mass is 298 g/mol. The predicted octanol–water partition coefficient (Wildman–Crippen LogP) is 2.23. The van der Waals surface area contributed by atoms with Gasteiger partial charge in [-0.2, -0.15) is 0 Å². The second kappa shape index (κ2) is 9.55. The Kier molecular flexibility index (Phi) is 8.05. The molecule has 0 aromatic rings. The first-order chi connectivity index (χ1) is 10.1. The fourth-order valence-electron chi connectivity index (χ4n) is 3.01. The first kappa shape index (κ1) is 17.7. The van der Waals surface area contributed by atoms with E-state index in [2.05, 4.69) is 4.74 Å². The first-order valence-corrected chi connectivity index (χ1v) is 7.61. The molecule has 0 heterocycles. The maximum atomic E-state index is 11.1. The Bertz CT molecular complexity index is 364. The van der Waals surface area contributed by atoms with Crippen molar-refractivity contribution >= 4 is 11.9 Å². The van der Waals surface area contributed by atoms with Crippen molar-refractivity contribution < 1.29 is 24.2 Å². The lowest BCUT2D eigenvalue weighted by Crippen LogP contribution is -2.25. The molecule has 0 saturated heterocycles. The number of allylic oxidation sites excluding steroid dienone is 1. The first-order valence-electron chi connectivity index (χ1n) is 7.61. The summed E-state index contributed by atoms with van der Waals surface area (Å²) in [6, 6.07) is 0. The lowest BCUT2D eigenvalue weighted by Gasteiger charge is -2.23. The van der Waals surface area contributed by atoms with Gasteiger partial charge in [0.2, 0.25) is 0 Å². The molecule has 0 aliphatic heterocycles. The number of esters is 2. The summed E-state index contributed by atoms with van der Waals surface area (Å²) in [5.41, 5.74) is 0. The molecule has 0 radical (unpaired) electrons. The highest BCUT2D eigenvalue weighted by atomic mass is 16.5. The number of unbranched alkanes of at least 4 members (excludes halogenated alkanes) is 2. The molecule has 21 heavy (non-hydrogen) atoms. The van der Waals surface area contributed by atoms with Crippen molar-refractivity contribution in [1.82, 2.24) is 0 Å². The van der Waals surface area contributed by atoms with E-state index in [4.69, 9.17) is 4.74 Å². The molecule has 0 aromatic carbocycles. The van der Waals surface area contributed by atoms with Crippen LogP contribution in [0.3, 0.4) is 0 Å². The molecule has 0 aromatic heterocycles. The van der Waals surface area contributed by atoms with Crippen molar-refractivity contribution in [1.29, 1.82) is 0 Å². The molecule has 1 N–H and O–H groups in total. The normalized spacial score (nSPS) is 25.2. The fraction of sp³-hybridized carbons (Fsp3) is 0.750. The third-order valence-electron chi connectivity index (χ3n) is 4.07. The summed E-state index contributed by atoms with van der Waals surface area (Å²) in [5, 5.41) is 9.41. The molecule has 1 fully saturated rings. The molecule has 1 saturated carbocycles. The Labute approximate surface area is 126 Å². The number of hydrogen-bond donors (Lipinski definition) is 1. The lowest BCUT2D eigenvalue weighted by molar-refractivity contribution is -0.148. The summed E-state index contributed by atoms with van der Waals surface area (Å²) in [7, 11) is 1.36. The number of aliphatic hydroxyl groups excluding tert-OH is 1. The second-order valence-corrected chi connectivity index (χ2v) is 5.54. The molecule has 0 unspecified atom stereocenters. The van der Waals surface area contributed by atoms with Crippen LogP contribution in [-0.2, 0) is 19.1 Å². The molecule has 1 aliphatic carbocycles. The fourth-order valence-corrected chi connectivity index (χ4v) is 3.01. The molecule has 5 nitrogen and oxygen atoms in total. The zero-order valence-corrected chi connectivity index (χ0v) is 12.9. The average molecular weight is 298 g/mol. The molecule has 0 amide bonds. The van der Waals surface area contributed by atoms with Crippen LogP contribution in [0.5, 0.6) is 0 Å². The number of carbonyl (C=O) groups is 2. The van der Waals surface area contributed by atoms with Crippen LogP contribution < -0.4 is 0 Å². The largest absolute Gasteiger partial charge is 0.466 e. The molecule has 3 atom stereocenters. The summed E-state index contributed by atoms with van der Waals surface area (Å²) in [5.74, 6) is -0.0888. The minimum absolute atomic E-state index is 0.0507. The molecule has 120 valence electrons. The van der Waals surface area contributed by atoms with Crippen molar-refractivity contribution in [2.45, 2.75) is 51.6 Å². The highest BCUT2D eigenvalue weighted by Crippen LogP contribution is 2.37. The van der Waals surface area contributed by atoms with Gasteiger partial charge in [-0.1, -0.05) is 12.5 Å². The Morgan fingerprint density at radius 1 is 1.29 bits per heavy atom. The summed E-state index contributed by atoms with van der Waals surface area (Å²) in [4.78, 5) is 22.0. The summed E-state index contributed by atoms with van der Waals surface area (Å²) in [6.45, 7) is 1.59. The number of ether oxygens (including phenoxy) is 2. The molecular weight excluding hydrogens is 272 g/mol. The van der Waals surface area contributed by atoms with Gasteiger partial charge in [0.15, 0.2) is 0 Å². The summed E-state index contributed by atoms with van der Waals surface area (Å²) >= 11 is 0. The van der Waals surface area contributed by atoms with Crippen molar-refractivity contribution in [2.24, 2.45) is 11.8 Å². The summed E-state index contributed by atoms with van der Waals surface area (Å²) < 4.78 is 9.87. The SMILES string of the molecule is COC(=O)/C=C/CCCC[C@@H]1[C@@H](CO)CC[C@@H]1OC(C)=O. The van der Waals surface area contributed by atoms with Crippen LogP contribution in [0.4, 0.5) is 0 Å². The van der Waals surface area contributed by atoms with E-state index in [1.807, 2.05) is 6.08 Å². The van der Waals surface area contributed by atoms with E-state index in [-0.39, 0.29) is 36.5 Å². The zero-order chi connectivity index (χ0) is 15.7. The standard InChI is InChI=1S/C16H26O5/c1-12(18)21-15-10-9-13(11-17)14(15)7-5-3-4-6-8-16(19)20-2/h6,8,13-15,17H,3-5,7,9-11H2,1-2H3/b8-6+/t13-,14-,15+/m1/s1. The van der Waals surface area contributed by atoms with E-state index in [0.717, 1.165) is 38.5 Å². The van der Waals surface area contributed by atoms with Crippen LogP contribution in [0.25, 0.3) is 0 Å². The highest BCUT2D eigenvalue weighted by molar-refractivity contribution is 5.81. The van der Waals surface area contributed by atoms with Crippen LogP contribution in [0.1, 0.15) is 45.4 Å². The number of rotatable bonds is 8. The molecule has 1 aliphatic rings. The van der Waals surface area contributed by atoms with Crippen LogP contribution >= 0.6 is 0 Å². The Balaban J connectivity index is 2.31. The van der Waals surface area contributed by atoms with Gasteiger partial charge in [0.05, 0.1) is 7.11 Å². The summed E-state index contributed by atoms with van der Waals surface area (Å²) in [6.07, 6.45) is 8.68. The minimum atomic E-state index is -0.332. The Morgan fingerprint density at radius 3 is 2.67 bits per heavy atom. The van der Waals surface area contributed by atoms with Gasteiger partial charge in [-0.25, -0.2) is 4.79 Å². The minimum Gasteiger partial charge on any atom is -0.466 e. The van der Waals surface area contributed by atoms with Gasteiger partial charge in [0.1, 0.15) is 6.10 Å². The number of methoxy groups -OCH3 is 1. The van der Waals surface area contributed by atoms with Crippen LogP contribution in [0.2, 0.25) is 0 Å². The smallest absolute Gasteiger partial charge is 0.330 e. The molecule has 5 heteroatoms. The average Bonchev–Trinajstić information content (AvgIpc) is 2.83. The molecular formula is C16H26O5. The van der Waals surface area contributed by atoms with Gasteiger partial charge in [0, 0.05) is 25.5 Å². The van der Waals surface area contributed by atoms with Gasteiger partial charge in [-0.3, -0.25) is 4.79 Å². The third-order valence-corrected chi connectivity index (χ3v) is 4.07. The van der Waals surface area contributed by atoms with Crippen molar-refractivity contribution in [3.63, 3.8) is 0 Å². The molecule has 0 spiro atoms. The quantitative estimate of drug-likeness (QED) is 0.422. The van der Waals surface area contributed by atoms with Crippen LogP contribution in [0, 0.1) is 11.8 Å². The van der Waals surface area contributed by atoms with Gasteiger partial charge >= 0.3 is 11.9 Å². The van der Waals surface area contributed by atoms with Gasteiger partial charge < -0.3 is 14.6 Å². The second-order valence-electron chi connectivity index (χ2n) is 5.54. The molecule has 0 bridgehead atoms. The highest BCUT2D eigenvalue weighted by Gasteiger charge is 2.37. The maximum Gasteiger partial charge on any atom is 0.330 e. The van der Waals surface area contributed by atoms with E-state index in [1.54, 1.807) is 0 Å². The zero-order valence-electron chi connectivity index (χ0n) is 12.9. The van der Waals surface area contributed by atoms with Crippen molar-refractivity contribution in [2.75, 3.05) is 13.7 Å². The van der Waals surface area contributed by atoms with E-state index >= 15 is 0 Å². The van der Waals surface area contributed by atoms with E-state index < -0.39 is 0 Å². The Hall–Kier alpha value is -1.36. The van der Waals surface area contributed by atoms with Crippen molar-refractivity contribution in [3.8, 4) is 0 Å². The van der Waals surface area contributed by atoms with E-state index in [1.165, 1.54) is 20.1 Å². The van der Waals surface area contributed by atoms with Crippen LogP contribution in [-0.4, -0.2) is 36.9 Å². The number of hydrogen-bond acceptors (Lipinski definition) is 5. The topological polar surface area (TPSA) is 72.8 Å². The van der Waals surface area contributed by atoms with E-state index in [0.29, 0.717) is 0 Å². The number of carbonyl (C=O) groups excluding carboxylic acids is 2. The van der Waals surface area contributed by atoms with Gasteiger partial charge in [0.25, 0.3) is 0 Å². The maximum absolute atomic E-state index is 11.1. The van der Waals surface area contributed by atoms with Gasteiger partial charge in [-0.05, 0) is 38.0 Å². The number of aliphatic hydroxyl groups is 1. The third kappa shape index (κ3) is 6.29. The van der Waals surface area contributed by atoms with E-state index in [9.17, 15) is 14.7 Å². The molecule has 1 rings (SSSR count). The predicted molar refractivity (Wildman–Crippen MR) is 78.5 cm³/mol. The van der Waals surface area contributed by atoms with Crippen molar-refractivity contribution in [3.05, 3.63) is 12.2 Å². The van der Waals surface area contributed by atoms with Gasteiger partial charge in [-0.15, -0.1) is 0 Å².